The van der Waals surface area contributed by atoms with E-state index in [9.17, 15) is 4.79 Å². The molecule has 2 aromatic rings. The number of hydrogen-bond acceptors (Lipinski definition) is 4. The zero-order valence-corrected chi connectivity index (χ0v) is 12.8. The number of aromatic nitrogens is 2. The molecule has 7 heteroatoms. The van der Waals surface area contributed by atoms with Crippen LogP contribution in [0.5, 0.6) is 5.75 Å². The van der Waals surface area contributed by atoms with Crippen molar-refractivity contribution in [1.29, 1.82) is 0 Å². The summed E-state index contributed by atoms with van der Waals surface area (Å²) in [7, 11) is 0. The Bertz CT molecular complexity index is 641. The zero-order valence-electron chi connectivity index (χ0n) is 10.4. The average molecular weight is 358 g/mol. The minimum absolute atomic E-state index is 0.00630. The number of nitrogens with zero attached hydrogens (tertiary/aromatic N) is 2. The molecule has 0 aliphatic rings. The molecule has 0 amide bonds. The van der Waals surface area contributed by atoms with Gasteiger partial charge >= 0.3 is 5.97 Å². The van der Waals surface area contributed by atoms with Gasteiger partial charge in [0.15, 0.2) is 0 Å². The van der Waals surface area contributed by atoms with Gasteiger partial charge in [-0.2, -0.15) is 0 Å². The number of carboxylic acids is 1. The van der Waals surface area contributed by atoms with Gasteiger partial charge in [0.2, 0.25) is 0 Å². The fraction of sp³-hybridized carbons (Fsp3) is 0.154. The van der Waals surface area contributed by atoms with Crippen molar-refractivity contribution in [3.05, 3.63) is 51.0 Å². The first-order valence-electron chi connectivity index (χ1n) is 5.59. The summed E-state index contributed by atoms with van der Waals surface area (Å²) in [5.74, 6) is -0.590. The van der Waals surface area contributed by atoms with E-state index in [1.807, 2.05) is 13.0 Å². The predicted molar refractivity (Wildman–Crippen MR) is 77.2 cm³/mol. The van der Waals surface area contributed by atoms with E-state index in [1.54, 1.807) is 6.07 Å². The van der Waals surface area contributed by atoms with Crippen LogP contribution in [0.3, 0.4) is 0 Å². The van der Waals surface area contributed by atoms with Crippen molar-refractivity contribution in [3.63, 3.8) is 0 Å². The van der Waals surface area contributed by atoms with Gasteiger partial charge in [0, 0.05) is 10.7 Å². The molecule has 0 unspecified atom stereocenters. The molecule has 0 bridgehead atoms. The summed E-state index contributed by atoms with van der Waals surface area (Å²) in [4.78, 5) is 18.7. The Balaban J connectivity index is 2.24. The molecule has 0 aliphatic carbocycles. The summed E-state index contributed by atoms with van der Waals surface area (Å²) in [5.41, 5.74) is 1.15. The standard InChI is InChI=1S/C13H10BrClN2O3/c1-7-2-8(14)3-10(15)12(7)20-5-11-9(13(18)19)4-16-6-17-11/h2-4,6H,5H2,1H3,(H,18,19). The van der Waals surface area contributed by atoms with Gasteiger partial charge in [-0.05, 0) is 24.6 Å². The lowest BCUT2D eigenvalue weighted by Crippen LogP contribution is -2.09. The molecular formula is C13H10BrClN2O3. The third-order valence-corrected chi connectivity index (χ3v) is 3.31. The van der Waals surface area contributed by atoms with Gasteiger partial charge in [0.1, 0.15) is 24.2 Å². The van der Waals surface area contributed by atoms with Crippen LogP contribution in [0.2, 0.25) is 5.02 Å². The van der Waals surface area contributed by atoms with Gasteiger partial charge in [-0.3, -0.25) is 0 Å². The Morgan fingerprint density at radius 3 is 2.90 bits per heavy atom. The second kappa shape index (κ2) is 6.19. The van der Waals surface area contributed by atoms with Crippen LogP contribution in [0.1, 0.15) is 21.6 Å². The molecule has 1 aromatic carbocycles. The molecule has 5 nitrogen and oxygen atoms in total. The van der Waals surface area contributed by atoms with Gasteiger partial charge in [0.25, 0.3) is 0 Å². The molecule has 2 rings (SSSR count). The molecule has 20 heavy (non-hydrogen) atoms. The maximum Gasteiger partial charge on any atom is 0.339 e. The number of halogens is 2. The minimum Gasteiger partial charge on any atom is -0.485 e. The molecule has 0 saturated carbocycles. The number of rotatable bonds is 4. The van der Waals surface area contributed by atoms with E-state index in [2.05, 4.69) is 25.9 Å². The molecule has 1 aromatic heterocycles. The number of aryl methyl sites for hydroxylation is 1. The number of aromatic carboxylic acids is 1. The first-order valence-corrected chi connectivity index (χ1v) is 6.76. The molecule has 0 spiro atoms. The first kappa shape index (κ1) is 14.7. The highest BCUT2D eigenvalue weighted by atomic mass is 79.9. The third kappa shape index (κ3) is 3.26. The van der Waals surface area contributed by atoms with Crippen molar-refractivity contribution in [3.8, 4) is 5.75 Å². The number of hydrogen-bond donors (Lipinski definition) is 1. The molecule has 0 radical (unpaired) electrons. The van der Waals surface area contributed by atoms with Crippen LogP contribution in [-0.4, -0.2) is 21.0 Å². The van der Waals surface area contributed by atoms with Gasteiger partial charge in [-0.1, -0.05) is 27.5 Å². The van der Waals surface area contributed by atoms with Crippen molar-refractivity contribution in [2.24, 2.45) is 0 Å². The normalized spacial score (nSPS) is 10.3. The molecule has 0 atom stereocenters. The highest BCUT2D eigenvalue weighted by Crippen LogP contribution is 2.32. The van der Waals surface area contributed by atoms with E-state index >= 15 is 0 Å². The number of ether oxygens (including phenoxy) is 1. The van der Waals surface area contributed by atoms with Crippen LogP contribution in [0, 0.1) is 6.92 Å². The number of carboxylic acid groups (broad SMARTS) is 1. The summed E-state index contributed by atoms with van der Waals surface area (Å²) in [6, 6.07) is 3.57. The van der Waals surface area contributed by atoms with Crippen molar-refractivity contribution in [1.82, 2.24) is 9.97 Å². The molecule has 1 N–H and O–H groups in total. The lowest BCUT2D eigenvalue weighted by molar-refractivity contribution is 0.0692. The number of carbonyl (C=O) groups is 1. The average Bonchev–Trinajstić information content (AvgIpc) is 2.37. The maximum absolute atomic E-state index is 11.0. The van der Waals surface area contributed by atoms with Crippen molar-refractivity contribution < 1.29 is 14.6 Å². The van der Waals surface area contributed by atoms with E-state index in [0.717, 1.165) is 10.0 Å². The van der Waals surface area contributed by atoms with Crippen LogP contribution in [0.25, 0.3) is 0 Å². The monoisotopic (exact) mass is 356 g/mol. The van der Waals surface area contributed by atoms with E-state index in [-0.39, 0.29) is 12.2 Å². The fourth-order valence-corrected chi connectivity index (χ4v) is 2.69. The minimum atomic E-state index is -1.09. The molecule has 0 aliphatic heterocycles. The van der Waals surface area contributed by atoms with Gasteiger partial charge in [-0.25, -0.2) is 14.8 Å². The van der Waals surface area contributed by atoms with Crippen LogP contribution < -0.4 is 4.74 Å². The highest BCUT2D eigenvalue weighted by molar-refractivity contribution is 9.10. The molecule has 1 heterocycles. The second-order valence-electron chi connectivity index (χ2n) is 4.01. The Labute approximate surface area is 128 Å². The Kier molecular flexibility index (Phi) is 4.57. The molecule has 0 saturated heterocycles. The largest absolute Gasteiger partial charge is 0.485 e. The van der Waals surface area contributed by atoms with Crippen LogP contribution >= 0.6 is 27.5 Å². The maximum atomic E-state index is 11.0. The van der Waals surface area contributed by atoms with E-state index < -0.39 is 5.97 Å². The third-order valence-electron chi connectivity index (χ3n) is 2.57. The smallest absolute Gasteiger partial charge is 0.339 e. The lowest BCUT2D eigenvalue weighted by Gasteiger charge is -2.12. The predicted octanol–water partition coefficient (Wildman–Crippen LogP) is 3.48. The zero-order chi connectivity index (χ0) is 14.7. The van der Waals surface area contributed by atoms with Gasteiger partial charge in [0.05, 0.1) is 10.7 Å². The van der Waals surface area contributed by atoms with E-state index in [0.29, 0.717) is 16.5 Å². The first-order chi connectivity index (χ1) is 9.49. The lowest BCUT2D eigenvalue weighted by atomic mass is 10.2. The Morgan fingerprint density at radius 1 is 1.50 bits per heavy atom. The molecular weight excluding hydrogens is 348 g/mol. The topological polar surface area (TPSA) is 72.3 Å². The van der Waals surface area contributed by atoms with Crippen LogP contribution in [-0.2, 0) is 6.61 Å². The molecule has 104 valence electrons. The van der Waals surface area contributed by atoms with E-state index in [1.165, 1.54) is 12.5 Å². The van der Waals surface area contributed by atoms with E-state index in [4.69, 9.17) is 21.4 Å². The van der Waals surface area contributed by atoms with Gasteiger partial charge < -0.3 is 9.84 Å². The highest BCUT2D eigenvalue weighted by Gasteiger charge is 2.14. The quantitative estimate of drug-likeness (QED) is 0.907. The van der Waals surface area contributed by atoms with Gasteiger partial charge in [-0.15, -0.1) is 0 Å². The summed E-state index contributed by atoms with van der Waals surface area (Å²) in [6.45, 7) is 1.86. The van der Waals surface area contributed by atoms with Crippen LogP contribution in [0.15, 0.2) is 29.1 Å². The summed E-state index contributed by atoms with van der Waals surface area (Å²) < 4.78 is 6.44. The second-order valence-corrected chi connectivity index (χ2v) is 5.33. The number of benzene rings is 1. The van der Waals surface area contributed by atoms with Crippen LogP contribution in [0.4, 0.5) is 0 Å². The summed E-state index contributed by atoms with van der Waals surface area (Å²) >= 11 is 9.43. The fourth-order valence-electron chi connectivity index (χ4n) is 1.66. The van der Waals surface area contributed by atoms with Crippen molar-refractivity contribution in [2.45, 2.75) is 13.5 Å². The molecule has 0 fully saturated rings. The summed E-state index contributed by atoms with van der Waals surface area (Å²) in [6.07, 6.45) is 2.52. The Morgan fingerprint density at radius 2 is 2.25 bits per heavy atom. The Hall–Kier alpha value is -1.66. The van der Waals surface area contributed by atoms with Crippen molar-refractivity contribution >= 4 is 33.5 Å². The van der Waals surface area contributed by atoms with Crippen molar-refractivity contribution in [2.75, 3.05) is 0 Å². The summed E-state index contributed by atoms with van der Waals surface area (Å²) in [5, 5.41) is 9.49. The SMILES string of the molecule is Cc1cc(Br)cc(Cl)c1OCc1ncncc1C(=O)O.